The van der Waals surface area contributed by atoms with Crippen LogP contribution in [0.5, 0.6) is 5.75 Å². The van der Waals surface area contributed by atoms with Crippen molar-refractivity contribution in [1.29, 1.82) is 0 Å². The highest BCUT2D eigenvalue weighted by Crippen LogP contribution is 2.46. The molecule has 3 aromatic carbocycles. The van der Waals surface area contributed by atoms with Crippen molar-refractivity contribution in [3.8, 4) is 5.75 Å². The van der Waals surface area contributed by atoms with Gasteiger partial charge in [-0.05, 0) is 60.5 Å². The van der Waals surface area contributed by atoms with Crippen LogP contribution < -0.4 is 4.74 Å². The molecule has 0 amide bonds. The Bertz CT molecular complexity index is 1890. The number of hydrogen-bond acceptors (Lipinski definition) is 6. The van der Waals surface area contributed by atoms with Crippen LogP contribution in [0.4, 0.5) is 8.78 Å². The predicted octanol–water partition coefficient (Wildman–Crippen LogP) is 6.81. The number of aromatic nitrogens is 3. The maximum Gasteiger partial charge on any atom is 0.335 e. The van der Waals surface area contributed by atoms with Crippen molar-refractivity contribution in [2.75, 3.05) is 6.61 Å². The lowest BCUT2D eigenvalue weighted by Crippen LogP contribution is -2.39. The molecule has 224 valence electrons. The molecule has 1 fully saturated rings. The fourth-order valence-corrected chi connectivity index (χ4v) is 5.81. The summed E-state index contributed by atoms with van der Waals surface area (Å²) >= 11 is 6.03. The van der Waals surface area contributed by atoms with Crippen LogP contribution in [0.2, 0.25) is 5.02 Å². The number of para-hydroxylation sites is 1. The second kappa shape index (κ2) is 11.0. The predicted molar refractivity (Wildman–Crippen MR) is 157 cm³/mol. The van der Waals surface area contributed by atoms with Crippen LogP contribution in [0.15, 0.2) is 72.9 Å². The molecular weight excluding hydrogens is 592 g/mol. The van der Waals surface area contributed by atoms with Crippen LogP contribution in [0.1, 0.15) is 58.0 Å². The summed E-state index contributed by atoms with van der Waals surface area (Å²) in [6.07, 6.45) is 1.19. The summed E-state index contributed by atoms with van der Waals surface area (Å²) in [7, 11) is 0. The number of nitrogens with zero attached hydrogens (tertiary/aromatic N) is 3. The zero-order valence-electron chi connectivity index (χ0n) is 23.5. The third-order valence-corrected chi connectivity index (χ3v) is 8.32. The number of pyridine rings is 1. The Hall–Kier alpha value is -4.38. The minimum atomic E-state index is -1.36. The third kappa shape index (κ3) is 5.08. The van der Waals surface area contributed by atoms with E-state index in [0.717, 1.165) is 6.42 Å². The van der Waals surface area contributed by atoms with E-state index in [1.165, 1.54) is 30.5 Å². The number of carboxylic acid groups (broad SMARTS) is 1. The first-order valence-electron chi connectivity index (χ1n) is 14.1. The van der Waals surface area contributed by atoms with E-state index in [4.69, 9.17) is 25.8 Å². The van der Waals surface area contributed by atoms with Gasteiger partial charge in [0.25, 0.3) is 5.79 Å². The number of carboxylic acids is 1. The van der Waals surface area contributed by atoms with Crippen LogP contribution >= 0.6 is 11.6 Å². The lowest BCUT2D eigenvalue weighted by Gasteiger charge is -2.39. The van der Waals surface area contributed by atoms with Gasteiger partial charge in [-0.3, -0.25) is 4.98 Å². The number of benzene rings is 3. The molecule has 2 unspecified atom stereocenters. The van der Waals surface area contributed by atoms with E-state index in [9.17, 15) is 9.90 Å². The standard InChI is InChI=1S/C33H26ClF2N3O5/c1-33(29-9-7-20(34)16-37-29)43-28-5-3-2-4-22(28)31(44-33)19-12-24(35)23(25(36)13-19)15-30-38-26-8-6-18(32(40)41)14-27(26)39(30)17-21-10-11-42-21/h2-9,12-14,16,21,31H,10-11,15,17H2,1H3,(H,40,41)/t21-,31?,33?/m0/s1. The maximum absolute atomic E-state index is 15.9. The molecule has 4 heterocycles. The Kier molecular flexibility index (Phi) is 7.07. The van der Waals surface area contributed by atoms with E-state index in [-0.39, 0.29) is 29.2 Å². The van der Waals surface area contributed by atoms with E-state index in [0.29, 0.717) is 52.0 Å². The molecule has 0 radical (unpaired) electrons. The van der Waals surface area contributed by atoms with Gasteiger partial charge in [-0.2, -0.15) is 0 Å². The summed E-state index contributed by atoms with van der Waals surface area (Å²) in [5.74, 6) is -3.06. The lowest BCUT2D eigenvalue weighted by molar-refractivity contribution is -0.219. The van der Waals surface area contributed by atoms with Gasteiger partial charge < -0.3 is 23.9 Å². The molecular formula is C33H26ClF2N3O5. The second-order valence-corrected chi connectivity index (χ2v) is 11.5. The molecule has 8 nitrogen and oxygen atoms in total. The Morgan fingerprint density at radius 2 is 1.89 bits per heavy atom. The van der Waals surface area contributed by atoms with E-state index in [2.05, 4.69) is 9.97 Å². The normalized spacial score (nSPS) is 21.0. The summed E-state index contributed by atoms with van der Waals surface area (Å²) in [5.41, 5.74) is 2.35. The monoisotopic (exact) mass is 617 g/mol. The smallest absolute Gasteiger partial charge is 0.335 e. The molecule has 0 aliphatic carbocycles. The van der Waals surface area contributed by atoms with Crippen molar-refractivity contribution >= 4 is 28.6 Å². The van der Waals surface area contributed by atoms with Crippen molar-refractivity contribution in [3.05, 3.63) is 123 Å². The number of aromatic carboxylic acids is 1. The van der Waals surface area contributed by atoms with Crippen molar-refractivity contribution < 1.29 is 32.9 Å². The van der Waals surface area contributed by atoms with Crippen LogP contribution in [0.25, 0.3) is 11.0 Å². The molecule has 0 spiro atoms. The van der Waals surface area contributed by atoms with Crippen LogP contribution in [0, 0.1) is 11.6 Å². The van der Waals surface area contributed by atoms with Gasteiger partial charge in [-0.25, -0.2) is 18.6 Å². The summed E-state index contributed by atoms with van der Waals surface area (Å²) in [4.78, 5) is 20.6. The number of carbonyl (C=O) groups is 1. The first kappa shape index (κ1) is 28.4. The third-order valence-electron chi connectivity index (χ3n) is 8.10. The summed E-state index contributed by atoms with van der Waals surface area (Å²) < 4.78 is 51.8. The van der Waals surface area contributed by atoms with Gasteiger partial charge in [0, 0.05) is 37.3 Å². The first-order chi connectivity index (χ1) is 21.2. The molecule has 11 heteroatoms. The van der Waals surface area contributed by atoms with Gasteiger partial charge in [0.2, 0.25) is 0 Å². The largest absolute Gasteiger partial charge is 0.478 e. The summed E-state index contributed by atoms with van der Waals surface area (Å²) in [6, 6.07) is 17.6. The molecule has 5 aromatic rings. The van der Waals surface area contributed by atoms with Crippen molar-refractivity contribution in [3.63, 3.8) is 0 Å². The van der Waals surface area contributed by atoms with Gasteiger partial charge >= 0.3 is 5.97 Å². The number of imidazole rings is 1. The number of ether oxygens (including phenoxy) is 3. The molecule has 3 atom stereocenters. The Balaban J connectivity index is 1.26. The van der Waals surface area contributed by atoms with Crippen LogP contribution in [0.3, 0.4) is 0 Å². The lowest BCUT2D eigenvalue weighted by atomic mass is 9.95. The first-order valence-corrected chi connectivity index (χ1v) is 14.5. The van der Waals surface area contributed by atoms with Crippen LogP contribution in [-0.4, -0.2) is 38.3 Å². The summed E-state index contributed by atoms with van der Waals surface area (Å²) in [6.45, 7) is 2.71. The molecule has 0 saturated carbocycles. The molecule has 1 saturated heterocycles. The zero-order chi connectivity index (χ0) is 30.6. The van der Waals surface area contributed by atoms with Gasteiger partial charge in [-0.1, -0.05) is 29.8 Å². The van der Waals surface area contributed by atoms with Gasteiger partial charge in [0.1, 0.15) is 35.0 Å². The molecule has 0 bridgehead atoms. The second-order valence-electron chi connectivity index (χ2n) is 11.0. The molecule has 2 aliphatic rings. The molecule has 1 N–H and O–H groups in total. The van der Waals surface area contributed by atoms with Gasteiger partial charge in [0.15, 0.2) is 0 Å². The highest BCUT2D eigenvalue weighted by molar-refractivity contribution is 6.30. The Morgan fingerprint density at radius 3 is 2.57 bits per heavy atom. The number of hydrogen-bond donors (Lipinski definition) is 1. The van der Waals surface area contributed by atoms with Gasteiger partial charge in [0.05, 0.1) is 34.3 Å². The van der Waals surface area contributed by atoms with Crippen molar-refractivity contribution in [2.24, 2.45) is 0 Å². The number of halogens is 3. The average molecular weight is 618 g/mol. The fourth-order valence-electron chi connectivity index (χ4n) is 5.69. The molecule has 2 aromatic heterocycles. The topological polar surface area (TPSA) is 95.7 Å². The van der Waals surface area contributed by atoms with Crippen molar-refractivity contribution in [1.82, 2.24) is 14.5 Å². The molecule has 7 rings (SSSR count). The Morgan fingerprint density at radius 1 is 1.11 bits per heavy atom. The van der Waals surface area contributed by atoms with Crippen LogP contribution in [-0.2, 0) is 28.2 Å². The highest BCUT2D eigenvalue weighted by atomic mass is 35.5. The van der Waals surface area contributed by atoms with E-state index < -0.39 is 29.5 Å². The maximum atomic E-state index is 15.9. The summed E-state index contributed by atoms with van der Waals surface area (Å²) in [5, 5.41) is 9.96. The Labute approximate surface area is 255 Å². The minimum absolute atomic E-state index is 0.0909. The molecule has 2 aliphatic heterocycles. The fraction of sp³-hybridized carbons (Fsp3) is 0.242. The highest BCUT2D eigenvalue weighted by Gasteiger charge is 2.42. The molecule has 44 heavy (non-hydrogen) atoms. The van der Waals surface area contributed by atoms with E-state index >= 15 is 8.78 Å². The average Bonchev–Trinajstić information content (AvgIpc) is 3.32. The van der Waals surface area contributed by atoms with Crippen molar-refractivity contribution in [2.45, 2.75) is 44.3 Å². The zero-order valence-corrected chi connectivity index (χ0v) is 24.2. The quantitative estimate of drug-likeness (QED) is 0.214. The number of rotatable bonds is 7. The SMILES string of the molecule is CC1(c2ccc(Cl)cn2)Oc2ccccc2C(c2cc(F)c(Cc3nc4ccc(C(=O)O)cc4n3C[C@@H]3CCO3)c(F)c2)O1. The van der Waals surface area contributed by atoms with E-state index in [1.54, 1.807) is 54.0 Å². The van der Waals surface area contributed by atoms with Gasteiger partial charge in [-0.15, -0.1) is 0 Å². The minimum Gasteiger partial charge on any atom is -0.478 e. The van der Waals surface area contributed by atoms with E-state index in [1.807, 2.05) is 0 Å². The number of fused-ring (bicyclic) bond motifs is 2.